The second-order valence-electron chi connectivity index (χ2n) is 7.31. The number of nitrogens with zero attached hydrogens (tertiary/aromatic N) is 1. The quantitative estimate of drug-likeness (QED) is 0.833. The number of carbonyl (C=O) groups is 1. The summed E-state index contributed by atoms with van der Waals surface area (Å²) in [5, 5.41) is 2.76. The van der Waals surface area contributed by atoms with Crippen LogP contribution in [-0.4, -0.2) is 31.7 Å². The molecule has 150 valence electrons. The standard InChI is InChI=1S/C21H25FN2O3S/c1-15-11-16(2)13-19(12-15)28(26,27)24-9-7-17(8-10-24)21(25)23-14-18-5-3-4-6-20(18)22/h3-6,11-13,17H,7-10,14H2,1-2H3,(H,23,25). The van der Waals surface area contributed by atoms with Crippen LogP contribution in [0.15, 0.2) is 47.4 Å². The molecule has 0 unspecified atom stereocenters. The molecule has 1 saturated heterocycles. The molecule has 0 aliphatic carbocycles. The molecule has 3 rings (SSSR count). The smallest absolute Gasteiger partial charge is 0.243 e. The number of benzene rings is 2. The van der Waals surface area contributed by atoms with E-state index in [1.807, 2.05) is 19.9 Å². The predicted octanol–water partition coefficient (Wildman–Crippen LogP) is 3.16. The van der Waals surface area contributed by atoms with Gasteiger partial charge in [-0.05, 0) is 56.0 Å². The van der Waals surface area contributed by atoms with Crippen LogP contribution in [0.1, 0.15) is 29.5 Å². The first-order chi connectivity index (χ1) is 13.3. The van der Waals surface area contributed by atoms with Crippen molar-refractivity contribution < 1.29 is 17.6 Å². The summed E-state index contributed by atoms with van der Waals surface area (Å²) >= 11 is 0. The van der Waals surface area contributed by atoms with Gasteiger partial charge in [0.25, 0.3) is 0 Å². The summed E-state index contributed by atoms with van der Waals surface area (Å²) in [7, 11) is -3.57. The van der Waals surface area contributed by atoms with E-state index in [1.165, 1.54) is 10.4 Å². The van der Waals surface area contributed by atoms with Crippen LogP contribution in [0.2, 0.25) is 0 Å². The first-order valence-electron chi connectivity index (χ1n) is 9.37. The molecule has 1 fully saturated rings. The van der Waals surface area contributed by atoms with Crippen LogP contribution in [-0.2, 0) is 21.4 Å². The number of sulfonamides is 1. The second-order valence-corrected chi connectivity index (χ2v) is 9.25. The van der Waals surface area contributed by atoms with Gasteiger partial charge in [0.2, 0.25) is 15.9 Å². The highest BCUT2D eigenvalue weighted by Crippen LogP contribution is 2.25. The summed E-state index contributed by atoms with van der Waals surface area (Å²) in [5.41, 5.74) is 2.24. The molecule has 2 aromatic rings. The average Bonchev–Trinajstić information content (AvgIpc) is 2.66. The molecule has 28 heavy (non-hydrogen) atoms. The van der Waals surface area contributed by atoms with Crippen LogP contribution in [0.4, 0.5) is 4.39 Å². The summed E-state index contributed by atoms with van der Waals surface area (Å²) in [5.74, 6) is -0.777. The van der Waals surface area contributed by atoms with Gasteiger partial charge in [-0.3, -0.25) is 4.79 Å². The molecular weight excluding hydrogens is 379 g/mol. The number of halogens is 1. The molecule has 2 aromatic carbocycles. The van der Waals surface area contributed by atoms with E-state index in [9.17, 15) is 17.6 Å². The Labute approximate surface area is 165 Å². The molecule has 0 aromatic heterocycles. The predicted molar refractivity (Wildman–Crippen MR) is 106 cm³/mol. The van der Waals surface area contributed by atoms with Crippen molar-refractivity contribution in [1.29, 1.82) is 0 Å². The van der Waals surface area contributed by atoms with Gasteiger partial charge in [-0.2, -0.15) is 4.31 Å². The number of hydrogen-bond acceptors (Lipinski definition) is 3. The first kappa shape index (κ1) is 20.5. The summed E-state index contributed by atoms with van der Waals surface area (Å²) < 4.78 is 40.9. The molecule has 1 heterocycles. The van der Waals surface area contributed by atoms with Gasteiger partial charge in [-0.1, -0.05) is 24.3 Å². The van der Waals surface area contributed by atoms with Crippen molar-refractivity contribution in [1.82, 2.24) is 9.62 Å². The van der Waals surface area contributed by atoms with Crippen molar-refractivity contribution in [3.63, 3.8) is 0 Å². The Kier molecular flexibility index (Phi) is 6.15. The molecule has 0 bridgehead atoms. The third-order valence-electron chi connectivity index (χ3n) is 5.07. The van der Waals surface area contributed by atoms with Crippen LogP contribution in [0, 0.1) is 25.6 Å². The van der Waals surface area contributed by atoms with E-state index in [2.05, 4.69) is 5.32 Å². The number of piperidine rings is 1. The SMILES string of the molecule is Cc1cc(C)cc(S(=O)(=O)N2CCC(C(=O)NCc3ccccc3F)CC2)c1. The second kappa shape index (κ2) is 8.41. The zero-order chi connectivity index (χ0) is 20.3. The van der Waals surface area contributed by atoms with Crippen molar-refractivity contribution in [2.75, 3.05) is 13.1 Å². The van der Waals surface area contributed by atoms with Gasteiger partial charge in [-0.25, -0.2) is 12.8 Å². The zero-order valence-electron chi connectivity index (χ0n) is 16.1. The van der Waals surface area contributed by atoms with Crippen LogP contribution in [0.3, 0.4) is 0 Å². The van der Waals surface area contributed by atoms with Crippen LogP contribution < -0.4 is 5.32 Å². The highest BCUT2D eigenvalue weighted by Gasteiger charge is 2.32. The first-order valence-corrected chi connectivity index (χ1v) is 10.8. The van der Waals surface area contributed by atoms with E-state index < -0.39 is 10.0 Å². The van der Waals surface area contributed by atoms with Crippen molar-refractivity contribution in [2.45, 2.75) is 38.1 Å². The minimum absolute atomic E-state index is 0.132. The Morgan fingerprint density at radius 3 is 2.32 bits per heavy atom. The Morgan fingerprint density at radius 1 is 1.11 bits per heavy atom. The molecule has 1 aliphatic rings. The molecule has 7 heteroatoms. The van der Waals surface area contributed by atoms with Gasteiger partial charge in [0.05, 0.1) is 4.90 Å². The highest BCUT2D eigenvalue weighted by atomic mass is 32.2. The number of carbonyl (C=O) groups excluding carboxylic acids is 1. The maximum absolute atomic E-state index is 13.7. The zero-order valence-corrected chi connectivity index (χ0v) is 16.9. The molecule has 0 atom stereocenters. The lowest BCUT2D eigenvalue weighted by Gasteiger charge is -2.30. The molecule has 5 nitrogen and oxygen atoms in total. The number of hydrogen-bond donors (Lipinski definition) is 1. The topological polar surface area (TPSA) is 66.5 Å². The van der Waals surface area contributed by atoms with Crippen LogP contribution in [0.25, 0.3) is 0 Å². The lowest BCUT2D eigenvalue weighted by molar-refractivity contribution is -0.126. The molecule has 1 amide bonds. The lowest BCUT2D eigenvalue weighted by Crippen LogP contribution is -2.42. The molecule has 0 spiro atoms. The summed E-state index contributed by atoms with van der Waals surface area (Å²) in [6.07, 6.45) is 0.903. The molecule has 1 aliphatic heterocycles. The Balaban J connectivity index is 1.59. The lowest BCUT2D eigenvalue weighted by atomic mass is 9.97. The summed E-state index contributed by atoms with van der Waals surface area (Å²) in [4.78, 5) is 12.7. The number of amides is 1. The molecule has 0 saturated carbocycles. The summed E-state index contributed by atoms with van der Waals surface area (Å²) in [6, 6.07) is 11.6. The van der Waals surface area contributed by atoms with Gasteiger partial charge < -0.3 is 5.32 Å². The molecular formula is C21H25FN2O3S. The van der Waals surface area contributed by atoms with Gasteiger partial charge in [0.15, 0.2) is 0 Å². The van der Waals surface area contributed by atoms with E-state index in [0.29, 0.717) is 36.4 Å². The fraction of sp³-hybridized carbons (Fsp3) is 0.381. The van der Waals surface area contributed by atoms with E-state index in [4.69, 9.17) is 0 Å². The number of rotatable bonds is 5. The third kappa shape index (κ3) is 4.59. The van der Waals surface area contributed by atoms with Gasteiger partial charge >= 0.3 is 0 Å². The van der Waals surface area contributed by atoms with E-state index in [-0.39, 0.29) is 24.2 Å². The Hall–Kier alpha value is -2.25. The maximum Gasteiger partial charge on any atom is 0.243 e. The minimum atomic E-state index is -3.57. The summed E-state index contributed by atoms with van der Waals surface area (Å²) in [6.45, 7) is 4.48. The van der Waals surface area contributed by atoms with E-state index in [0.717, 1.165) is 11.1 Å². The Morgan fingerprint density at radius 2 is 1.71 bits per heavy atom. The fourth-order valence-corrected chi connectivity index (χ4v) is 5.22. The van der Waals surface area contributed by atoms with Crippen LogP contribution >= 0.6 is 0 Å². The fourth-order valence-electron chi connectivity index (χ4n) is 3.56. The van der Waals surface area contributed by atoms with Gasteiger partial charge in [0.1, 0.15) is 5.82 Å². The molecule has 0 radical (unpaired) electrons. The number of aryl methyl sites for hydroxylation is 2. The van der Waals surface area contributed by atoms with Crippen LogP contribution in [0.5, 0.6) is 0 Å². The average molecular weight is 405 g/mol. The van der Waals surface area contributed by atoms with E-state index in [1.54, 1.807) is 30.3 Å². The van der Waals surface area contributed by atoms with Crippen molar-refractivity contribution >= 4 is 15.9 Å². The third-order valence-corrected chi connectivity index (χ3v) is 6.95. The normalized spacial score (nSPS) is 16.1. The van der Waals surface area contributed by atoms with E-state index >= 15 is 0 Å². The molecule has 1 N–H and O–H groups in total. The van der Waals surface area contributed by atoms with Gasteiger partial charge in [0, 0.05) is 31.1 Å². The number of nitrogens with one attached hydrogen (secondary N) is 1. The minimum Gasteiger partial charge on any atom is -0.352 e. The highest BCUT2D eigenvalue weighted by molar-refractivity contribution is 7.89. The van der Waals surface area contributed by atoms with Crippen molar-refractivity contribution in [3.8, 4) is 0 Å². The largest absolute Gasteiger partial charge is 0.352 e. The Bertz CT molecular complexity index is 947. The maximum atomic E-state index is 13.7. The van der Waals surface area contributed by atoms with Crippen molar-refractivity contribution in [3.05, 3.63) is 65.0 Å². The van der Waals surface area contributed by atoms with Gasteiger partial charge in [-0.15, -0.1) is 0 Å². The van der Waals surface area contributed by atoms with Crippen molar-refractivity contribution in [2.24, 2.45) is 5.92 Å². The monoisotopic (exact) mass is 404 g/mol.